The van der Waals surface area contributed by atoms with E-state index in [9.17, 15) is 0 Å². The summed E-state index contributed by atoms with van der Waals surface area (Å²) in [5, 5.41) is 0. The van der Waals surface area contributed by atoms with E-state index >= 15 is 0 Å². The molecule has 2 rings (SSSR count). The first-order valence-electron chi connectivity index (χ1n) is 4.98. The van der Waals surface area contributed by atoms with Crippen LogP contribution in [0.1, 0.15) is 5.69 Å². The summed E-state index contributed by atoms with van der Waals surface area (Å²) in [7, 11) is 1.63. The average molecular weight is 212 g/mol. The summed E-state index contributed by atoms with van der Waals surface area (Å²) in [5.41, 5.74) is 1.63. The molecule has 1 aromatic carbocycles. The Bertz CT molecular complexity index is 480. The van der Waals surface area contributed by atoms with Gasteiger partial charge < -0.3 is 4.74 Å². The maximum absolute atomic E-state index is 5.20. The summed E-state index contributed by atoms with van der Waals surface area (Å²) in [6, 6.07) is 13.3. The molecule has 0 aliphatic heterocycles. The number of pyridine rings is 1. The number of benzene rings is 1. The minimum atomic E-state index is 0.759. The van der Waals surface area contributed by atoms with Crippen LogP contribution in [-0.2, 0) is 0 Å². The Labute approximate surface area is 94.4 Å². The van der Waals surface area contributed by atoms with Crippen LogP contribution < -0.4 is 4.74 Å². The Hall–Kier alpha value is -2.16. The number of nitrogens with zero attached hydrogens (tertiary/aromatic N) is 2. The van der Waals surface area contributed by atoms with E-state index < -0.39 is 0 Å². The highest BCUT2D eigenvalue weighted by Crippen LogP contribution is 2.25. The first-order chi connectivity index (χ1) is 7.90. The summed E-state index contributed by atoms with van der Waals surface area (Å²) in [4.78, 5) is 8.49. The molecule has 0 N–H and O–H groups in total. The number of rotatable bonds is 3. The van der Waals surface area contributed by atoms with E-state index in [-0.39, 0.29) is 0 Å². The van der Waals surface area contributed by atoms with Crippen LogP contribution >= 0.6 is 0 Å². The summed E-state index contributed by atoms with van der Waals surface area (Å²) in [6.45, 7) is 0. The highest BCUT2D eigenvalue weighted by Gasteiger charge is 1.97. The lowest BCUT2D eigenvalue weighted by Crippen LogP contribution is -1.86. The monoisotopic (exact) mass is 212 g/mol. The topological polar surface area (TPSA) is 34.5 Å². The Kier molecular flexibility index (Phi) is 3.28. The largest absolute Gasteiger partial charge is 0.494 e. The molecule has 16 heavy (non-hydrogen) atoms. The second-order valence-corrected chi connectivity index (χ2v) is 3.18. The molecule has 0 aliphatic rings. The van der Waals surface area contributed by atoms with Gasteiger partial charge in [0.1, 0.15) is 11.4 Å². The van der Waals surface area contributed by atoms with Gasteiger partial charge in [-0.3, -0.25) is 9.98 Å². The molecule has 0 spiro atoms. The molecule has 3 heteroatoms. The predicted octanol–water partition coefficient (Wildman–Crippen LogP) is 2.84. The molecule has 0 aliphatic carbocycles. The van der Waals surface area contributed by atoms with Gasteiger partial charge in [-0.2, -0.15) is 0 Å². The Morgan fingerprint density at radius 2 is 1.94 bits per heavy atom. The number of methoxy groups -OCH3 is 1. The van der Waals surface area contributed by atoms with Crippen LogP contribution in [-0.4, -0.2) is 18.3 Å². The van der Waals surface area contributed by atoms with Gasteiger partial charge in [-0.25, -0.2) is 0 Å². The zero-order valence-electron chi connectivity index (χ0n) is 9.00. The van der Waals surface area contributed by atoms with Crippen LogP contribution in [0.2, 0.25) is 0 Å². The third kappa shape index (κ3) is 2.45. The predicted molar refractivity (Wildman–Crippen MR) is 64.5 cm³/mol. The first kappa shape index (κ1) is 10.4. The van der Waals surface area contributed by atoms with Crippen LogP contribution in [0.25, 0.3) is 0 Å². The molecule has 2 aromatic rings. The van der Waals surface area contributed by atoms with Gasteiger partial charge in [0.2, 0.25) is 0 Å². The third-order valence-corrected chi connectivity index (χ3v) is 2.11. The van der Waals surface area contributed by atoms with Crippen molar-refractivity contribution in [3.05, 3.63) is 54.4 Å². The van der Waals surface area contributed by atoms with Gasteiger partial charge >= 0.3 is 0 Å². The van der Waals surface area contributed by atoms with E-state index in [0.717, 1.165) is 17.1 Å². The van der Waals surface area contributed by atoms with E-state index in [0.29, 0.717) is 0 Å². The molecular weight excluding hydrogens is 200 g/mol. The van der Waals surface area contributed by atoms with Crippen LogP contribution in [0.3, 0.4) is 0 Å². The van der Waals surface area contributed by atoms with Crippen LogP contribution in [0.4, 0.5) is 5.69 Å². The Morgan fingerprint density at radius 3 is 2.69 bits per heavy atom. The minimum Gasteiger partial charge on any atom is -0.494 e. The fourth-order valence-electron chi connectivity index (χ4n) is 1.32. The van der Waals surface area contributed by atoms with Crippen molar-refractivity contribution in [1.29, 1.82) is 0 Å². The summed E-state index contributed by atoms with van der Waals surface area (Å²) >= 11 is 0. The van der Waals surface area contributed by atoms with Crippen molar-refractivity contribution in [2.24, 2.45) is 4.99 Å². The Morgan fingerprint density at radius 1 is 1.12 bits per heavy atom. The van der Waals surface area contributed by atoms with Crippen molar-refractivity contribution in [2.45, 2.75) is 0 Å². The van der Waals surface area contributed by atoms with Crippen molar-refractivity contribution in [3.8, 4) is 5.75 Å². The van der Waals surface area contributed by atoms with E-state index in [1.807, 2.05) is 42.5 Å². The molecule has 3 nitrogen and oxygen atoms in total. The minimum absolute atomic E-state index is 0.759. The lowest BCUT2D eigenvalue weighted by atomic mass is 10.3. The van der Waals surface area contributed by atoms with Gasteiger partial charge in [0, 0.05) is 6.20 Å². The molecule has 0 atom stereocenters. The van der Waals surface area contributed by atoms with Crippen LogP contribution in [0, 0.1) is 0 Å². The maximum Gasteiger partial charge on any atom is 0.144 e. The van der Waals surface area contributed by atoms with Crippen molar-refractivity contribution in [2.75, 3.05) is 7.11 Å². The molecule has 80 valence electrons. The molecule has 1 aromatic heterocycles. The lowest BCUT2D eigenvalue weighted by molar-refractivity contribution is 0.416. The second kappa shape index (κ2) is 5.07. The highest BCUT2D eigenvalue weighted by atomic mass is 16.5. The maximum atomic E-state index is 5.20. The fraction of sp³-hybridized carbons (Fsp3) is 0.0769. The summed E-state index contributed by atoms with van der Waals surface area (Å²) in [6.07, 6.45) is 3.46. The van der Waals surface area contributed by atoms with Crippen LogP contribution in [0.15, 0.2) is 53.7 Å². The number of hydrogen-bond acceptors (Lipinski definition) is 3. The number of aliphatic imine (C=N–C) groups is 1. The van der Waals surface area contributed by atoms with Crippen molar-refractivity contribution >= 4 is 11.9 Å². The molecule has 0 amide bonds. The van der Waals surface area contributed by atoms with Gasteiger partial charge in [0.15, 0.2) is 0 Å². The molecule has 0 radical (unpaired) electrons. The second-order valence-electron chi connectivity index (χ2n) is 3.18. The molecule has 0 saturated carbocycles. The third-order valence-electron chi connectivity index (χ3n) is 2.11. The standard InChI is InChI=1S/C13H12N2O/c1-16-13-8-3-2-7-12(13)15-10-11-6-4-5-9-14-11/h2-10H,1H3. The normalized spacial score (nSPS) is 10.6. The number of hydrogen-bond donors (Lipinski definition) is 0. The summed E-state index contributed by atoms with van der Waals surface area (Å²) < 4.78 is 5.20. The van der Waals surface area contributed by atoms with E-state index in [1.54, 1.807) is 19.5 Å². The number of aromatic nitrogens is 1. The average Bonchev–Trinajstić information content (AvgIpc) is 2.38. The molecule has 0 fully saturated rings. The van der Waals surface area contributed by atoms with Gasteiger partial charge in [0.25, 0.3) is 0 Å². The number of para-hydroxylation sites is 2. The molecule has 0 unspecified atom stereocenters. The van der Waals surface area contributed by atoms with Gasteiger partial charge in [-0.1, -0.05) is 18.2 Å². The van der Waals surface area contributed by atoms with Crippen molar-refractivity contribution < 1.29 is 4.74 Å². The number of ether oxygens (including phenoxy) is 1. The SMILES string of the molecule is COc1ccccc1N=Cc1ccccn1. The lowest BCUT2D eigenvalue weighted by Gasteiger charge is -2.02. The van der Waals surface area contributed by atoms with Crippen LogP contribution in [0.5, 0.6) is 5.75 Å². The zero-order chi connectivity index (χ0) is 11.2. The smallest absolute Gasteiger partial charge is 0.144 e. The fourth-order valence-corrected chi connectivity index (χ4v) is 1.32. The first-order valence-corrected chi connectivity index (χ1v) is 4.98. The van der Waals surface area contributed by atoms with Gasteiger partial charge in [-0.05, 0) is 24.3 Å². The molecule has 0 bridgehead atoms. The summed E-state index contributed by atoms with van der Waals surface area (Å²) in [5.74, 6) is 0.759. The van der Waals surface area contributed by atoms with Crippen molar-refractivity contribution in [1.82, 2.24) is 4.98 Å². The van der Waals surface area contributed by atoms with Crippen molar-refractivity contribution in [3.63, 3.8) is 0 Å². The van der Waals surface area contributed by atoms with Gasteiger partial charge in [-0.15, -0.1) is 0 Å². The van der Waals surface area contributed by atoms with E-state index in [4.69, 9.17) is 4.74 Å². The molecular formula is C13H12N2O. The molecule has 0 saturated heterocycles. The Balaban J connectivity index is 2.24. The quantitative estimate of drug-likeness (QED) is 0.733. The molecule has 1 heterocycles. The van der Waals surface area contributed by atoms with E-state index in [2.05, 4.69) is 9.98 Å². The zero-order valence-corrected chi connectivity index (χ0v) is 9.00. The van der Waals surface area contributed by atoms with E-state index in [1.165, 1.54) is 0 Å². The highest BCUT2D eigenvalue weighted by molar-refractivity contribution is 5.80. The van der Waals surface area contributed by atoms with Gasteiger partial charge in [0.05, 0.1) is 19.0 Å².